The Kier molecular flexibility index (Phi) is 5.43. The highest BCUT2D eigenvalue weighted by molar-refractivity contribution is 6.01. The molecule has 6 nitrogen and oxygen atoms in total. The highest BCUT2D eigenvalue weighted by Gasteiger charge is 2.30. The first-order valence-electron chi connectivity index (χ1n) is 8.51. The maximum absolute atomic E-state index is 12.6. The Balaban J connectivity index is 1.67. The molecule has 0 unspecified atom stereocenters. The molecule has 2 aromatic rings. The summed E-state index contributed by atoms with van der Waals surface area (Å²) in [5.74, 6) is 0.446. The number of nitrogens with one attached hydrogen (secondary N) is 2. The van der Waals surface area contributed by atoms with E-state index < -0.39 is 17.8 Å². The second kappa shape index (κ2) is 7.79. The highest BCUT2D eigenvalue weighted by Crippen LogP contribution is 2.34. The van der Waals surface area contributed by atoms with Crippen molar-refractivity contribution in [3.05, 3.63) is 48.0 Å². The summed E-state index contributed by atoms with van der Waals surface area (Å²) < 4.78 is 43.0. The van der Waals surface area contributed by atoms with E-state index in [0.717, 1.165) is 18.6 Å². The van der Waals surface area contributed by atoms with E-state index in [4.69, 9.17) is 4.74 Å². The molecule has 148 valence electrons. The normalized spacial score (nSPS) is 14.1. The van der Waals surface area contributed by atoms with Gasteiger partial charge in [0.1, 0.15) is 5.75 Å². The van der Waals surface area contributed by atoms with Crippen LogP contribution in [-0.4, -0.2) is 25.6 Å². The van der Waals surface area contributed by atoms with Crippen molar-refractivity contribution in [1.82, 2.24) is 0 Å². The molecular weight excluding hydrogens is 375 g/mol. The summed E-state index contributed by atoms with van der Waals surface area (Å²) in [5, 5.41) is 5.04. The summed E-state index contributed by atoms with van der Waals surface area (Å²) in [4.78, 5) is 25.7. The standard InChI is InChI=1S/C19H18F3N3O3/c1-28-16-11-14(8-9-15(16)25-10-2-3-17(25)26)24-18(27)23-13-6-4-12(5-7-13)19(20,21)22/h4-9,11H,2-3,10H2,1H3,(H2,23,24,27). The second-order valence-electron chi connectivity index (χ2n) is 6.19. The van der Waals surface area contributed by atoms with Gasteiger partial charge in [-0.3, -0.25) is 4.79 Å². The number of carbonyl (C=O) groups excluding carboxylic acids is 2. The molecule has 0 radical (unpaired) electrons. The molecule has 1 aliphatic rings. The number of nitrogens with zero attached hydrogens (tertiary/aromatic N) is 1. The summed E-state index contributed by atoms with van der Waals surface area (Å²) in [6.45, 7) is 0.608. The van der Waals surface area contributed by atoms with Crippen LogP contribution in [0.2, 0.25) is 0 Å². The largest absolute Gasteiger partial charge is 0.494 e. The number of alkyl halides is 3. The summed E-state index contributed by atoms with van der Waals surface area (Å²) in [7, 11) is 1.46. The van der Waals surface area contributed by atoms with E-state index in [1.165, 1.54) is 19.2 Å². The van der Waals surface area contributed by atoms with Gasteiger partial charge in [0, 0.05) is 30.4 Å². The lowest BCUT2D eigenvalue weighted by atomic mass is 10.2. The lowest BCUT2D eigenvalue weighted by Crippen LogP contribution is -2.24. The number of rotatable bonds is 4. The Morgan fingerprint density at radius 3 is 2.29 bits per heavy atom. The molecule has 3 rings (SSSR count). The Morgan fingerprint density at radius 1 is 1.07 bits per heavy atom. The van der Waals surface area contributed by atoms with E-state index in [2.05, 4.69) is 10.6 Å². The number of hydrogen-bond donors (Lipinski definition) is 2. The summed E-state index contributed by atoms with van der Waals surface area (Å²) in [5.41, 5.74) is 0.461. The van der Waals surface area contributed by atoms with E-state index in [1.54, 1.807) is 23.1 Å². The van der Waals surface area contributed by atoms with Crippen molar-refractivity contribution in [3.8, 4) is 5.75 Å². The number of methoxy groups -OCH3 is 1. The molecule has 2 N–H and O–H groups in total. The average molecular weight is 393 g/mol. The molecule has 1 saturated heterocycles. The van der Waals surface area contributed by atoms with Crippen LogP contribution >= 0.6 is 0 Å². The van der Waals surface area contributed by atoms with Crippen molar-refractivity contribution in [2.75, 3.05) is 29.2 Å². The number of amides is 3. The van der Waals surface area contributed by atoms with Gasteiger partial charge in [0.15, 0.2) is 0 Å². The van der Waals surface area contributed by atoms with Crippen LogP contribution in [0, 0.1) is 0 Å². The van der Waals surface area contributed by atoms with Gasteiger partial charge in [-0.15, -0.1) is 0 Å². The average Bonchev–Trinajstić information content (AvgIpc) is 3.07. The Morgan fingerprint density at radius 2 is 1.71 bits per heavy atom. The zero-order valence-electron chi connectivity index (χ0n) is 15.0. The van der Waals surface area contributed by atoms with Gasteiger partial charge in [-0.1, -0.05) is 0 Å². The topological polar surface area (TPSA) is 70.7 Å². The van der Waals surface area contributed by atoms with Crippen LogP contribution in [0.15, 0.2) is 42.5 Å². The third kappa shape index (κ3) is 4.36. The molecule has 1 fully saturated rings. The van der Waals surface area contributed by atoms with Gasteiger partial charge in [-0.05, 0) is 42.8 Å². The minimum Gasteiger partial charge on any atom is -0.494 e. The van der Waals surface area contributed by atoms with Crippen LogP contribution in [0.25, 0.3) is 0 Å². The second-order valence-corrected chi connectivity index (χ2v) is 6.19. The molecule has 2 aromatic carbocycles. The van der Waals surface area contributed by atoms with Crippen molar-refractivity contribution in [3.63, 3.8) is 0 Å². The van der Waals surface area contributed by atoms with Crippen LogP contribution in [0.3, 0.4) is 0 Å². The zero-order valence-corrected chi connectivity index (χ0v) is 15.0. The van der Waals surface area contributed by atoms with E-state index in [0.29, 0.717) is 30.1 Å². The maximum Gasteiger partial charge on any atom is 0.416 e. The van der Waals surface area contributed by atoms with Gasteiger partial charge >= 0.3 is 12.2 Å². The van der Waals surface area contributed by atoms with Gasteiger partial charge in [0.05, 0.1) is 18.4 Å². The minimum absolute atomic E-state index is 0.0130. The van der Waals surface area contributed by atoms with Crippen LogP contribution in [0.4, 0.5) is 35.0 Å². The molecule has 9 heteroatoms. The summed E-state index contributed by atoms with van der Waals surface area (Å²) in [6, 6.07) is 8.38. The van der Waals surface area contributed by atoms with Crippen molar-refractivity contribution < 1.29 is 27.5 Å². The predicted molar refractivity (Wildman–Crippen MR) is 98.7 cm³/mol. The molecular formula is C19H18F3N3O3. The van der Waals surface area contributed by atoms with E-state index >= 15 is 0 Å². The minimum atomic E-state index is -4.43. The molecule has 1 aliphatic heterocycles. The molecule has 28 heavy (non-hydrogen) atoms. The lowest BCUT2D eigenvalue weighted by Gasteiger charge is -2.19. The number of benzene rings is 2. The van der Waals surface area contributed by atoms with Gasteiger partial charge in [-0.2, -0.15) is 13.2 Å². The fourth-order valence-electron chi connectivity index (χ4n) is 2.92. The number of anilines is 3. The number of ether oxygens (including phenoxy) is 1. The monoisotopic (exact) mass is 393 g/mol. The quantitative estimate of drug-likeness (QED) is 0.804. The number of urea groups is 1. The fraction of sp³-hybridized carbons (Fsp3) is 0.263. The van der Waals surface area contributed by atoms with E-state index in [1.807, 2.05) is 0 Å². The fourth-order valence-corrected chi connectivity index (χ4v) is 2.92. The lowest BCUT2D eigenvalue weighted by molar-refractivity contribution is -0.137. The van der Waals surface area contributed by atoms with Crippen molar-refractivity contribution in [2.45, 2.75) is 19.0 Å². The number of hydrogen-bond acceptors (Lipinski definition) is 3. The van der Waals surface area contributed by atoms with Crippen molar-refractivity contribution in [1.29, 1.82) is 0 Å². The summed E-state index contributed by atoms with van der Waals surface area (Å²) >= 11 is 0. The molecule has 3 amide bonds. The Hall–Kier alpha value is -3.23. The van der Waals surface area contributed by atoms with Crippen molar-refractivity contribution in [2.24, 2.45) is 0 Å². The van der Waals surface area contributed by atoms with Gasteiger partial charge < -0.3 is 20.3 Å². The smallest absolute Gasteiger partial charge is 0.416 e. The third-order valence-corrected chi connectivity index (χ3v) is 4.27. The molecule has 0 aliphatic carbocycles. The maximum atomic E-state index is 12.6. The third-order valence-electron chi connectivity index (χ3n) is 4.27. The van der Waals surface area contributed by atoms with Gasteiger partial charge in [0.25, 0.3) is 0 Å². The van der Waals surface area contributed by atoms with Crippen LogP contribution < -0.4 is 20.3 Å². The number of halogens is 3. The van der Waals surface area contributed by atoms with Crippen molar-refractivity contribution >= 4 is 29.0 Å². The SMILES string of the molecule is COc1cc(NC(=O)Nc2ccc(C(F)(F)F)cc2)ccc1N1CCCC1=O. The molecule has 0 spiro atoms. The molecule has 0 bridgehead atoms. The molecule has 1 heterocycles. The molecule has 0 aromatic heterocycles. The first-order valence-corrected chi connectivity index (χ1v) is 8.51. The van der Waals surface area contributed by atoms with Crippen LogP contribution in [0.5, 0.6) is 5.75 Å². The van der Waals surface area contributed by atoms with Gasteiger partial charge in [-0.25, -0.2) is 4.79 Å². The van der Waals surface area contributed by atoms with E-state index in [-0.39, 0.29) is 11.6 Å². The highest BCUT2D eigenvalue weighted by atomic mass is 19.4. The Labute approximate surface area is 159 Å². The summed E-state index contributed by atoms with van der Waals surface area (Å²) in [6.07, 6.45) is -3.17. The van der Waals surface area contributed by atoms with Crippen LogP contribution in [-0.2, 0) is 11.0 Å². The zero-order chi connectivity index (χ0) is 20.3. The number of carbonyl (C=O) groups is 2. The molecule has 0 atom stereocenters. The molecule has 0 saturated carbocycles. The predicted octanol–water partition coefficient (Wildman–Crippen LogP) is 4.48. The van der Waals surface area contributed by atoms with E-state index in [9.17, 15) is 22.8 Å². The Bertz CT molecular complexity index is 882. The first-order chi connectivity index (χ1) is 13.3. The first kappa shape index (κ1) is 19.5. The van der Waals surface area contributed by atoms with Gasteiger partial charge in [0.2, 0.25) is 5.91 Å². The van der Waals surface area contributed by atoms with Crippen LogP contribution in [0.1, 0.15) is 18.4 Å².